The van der Waals surface area contributed by atoms with Gasteiger partial charge in [0.05, 0.1) is 0 Å². The molecule has 1 N–H and O–H groups in total. The van der Waals surface area contributed by atoms with Gasteiger partial charge in [-0.05, 0) is 45.1 Å². The van der Waals surface area contributed by atoms with Crippen molar-refractivity contribution in [1.29, 1.82) is 0 Å². The lowest BCUT2D eigenvalue weighted by Crippen LogP contribution is -2.46. The van der Waals surface area contributed by atoms with Crippen LogP contribution in [-0.2, 0) is 11.3 Å². The maximum absolute atomic E-state index is 11.9. The zero-order chi connectivity index (χ0) is 14.6. The van der Waals surface area contributed by atoms with Crippen molar-refractivity contribution in [3.63, 3.8) is 0 Å². The van der Waals surface area contributed by atoms with Gasteiger partial charge in [0.25, 0.3) is 0 Å². The molecule has 0 saturated carbocycles. The molecule has 0 spiro atoms. The average molecular weight is 296 g/mol. The summed E-state index contributed by atoms with van der Waals surface area (Å²) in [6.07, 6.45) is 1.80. The number of amides is 1. The zero-order valence-corrected chi connectivity index (χ0v) is 13.3. The van der Waals surface area contributed by atoms with E-state index in [0.29, 0.717) is 6.04 Å². The number of carbonyl (C=O) groups excluding carboxylic acids is 1. The summed E-state index contributed by atoms with van der Waals surface area (Å²) in [5.74, 6) is 0. The van der Waals surface area contributed by atoms with Crippen LogP contribution in [-0.4, -0.2) is 35.7 Å². The molecule has 1 aliphatic rings. The first-order valence-electron chi connectivity index (χ1n) is 7.18. The molecule has 2 heterocycles. The molecule has 112 valence electrons. The van der Waals surface area contributed by atoms with Crippen LogP contribution < -0.4 is 5.32 Å². The summed E-state index contributed by atoms with van der Waals surface area (Å²) in [4.78, 5) is 15.1. The summed E-state index contributed by atoms with van der Waals surface area (Å²) < 4.78 is 5.40. The van der Waals surface area contributed by atoms with Crippen LogP contribution >= 0.6 is 11.3 Å². The molecule has 1 amide bonds. The Balaban J connectivity index is 1.71. The van der Waals surface area contributed by atoms with Crippen molar-refractivity contribution in [2.45, 2.75) is 51.8 Å². The molecule has 2 rings (SSSR count). The second kappa shape index (κ2) is 6.59. The summed E-state index contributed by atoms with van der Waals surface area (Å²) in [7, 11) is 0. The van der Waals surface area contributed by atoms with Gasteiger partial charge in [-0.25, -0.2) is 4.79 Å². The van der Waals surface area contributed by atoms with Crippen molar-refractivity contribution in [3.05, 3.63) is 22.4 Å². The maximum Gasteiger partial charge on any atom is 0.410 e. The van der Waals surface area contributed by atoms with E-state index in [9.17, 15) is 4.79 Å². The van der Waals surface area contributed by atoms with Crippen LogP contribution in [0.15, 0.2) is 17.5 Å². The van der Waals surface area contributed by atoms with Crippen LogP contribution in [0.4, 0.5) is 4.79 Å². The number of ether oxygens (including phenoxy) is 1. The second-order valence-corrected chi connectivity index (χ2v) is 7.23. The van der Waals surface area contributed by atoms with Gasteiger partial charge < -0.3 is 15.0 Å². The standard InChI is InChI=1S/C15H24N2O2S/c1-15(2,3)19-14(18)17-8-6-12(7-9-17)16-11-13-5-4-10-20-13/h4-5,10,12,16H,6-9,11H2,1-3H3. The van der Waals surface area contributed by atoms with E-state index in [2.05, 4.69) is 22.8 Å². The summed E-state index contributed by atoms with van der Waals surface area (Å²) in [5.41, 5.74) is -0.411. The number of thiophene rings is 1. The van der Waals surface area contributed by atoms with Crippen molar-refractivity contribution in [2.24, 2.45) is 0 Å². The Morgan fingerprint density at radius 1 is 1.45 bits per heavy atom. The van der Waals surface area contributed by atoms with Crippen molar-refractivity contribution < 1.29 is 9.53 Å². The Morgan fingerprint density at radius 3 is 2.70 bits per heavy atom. The summed E-state index contributed by atoms with van der Waals surface area (Å²) in [5, 5.41) is 5.66. The van der Waals surface area contributed by atoms with Gasteiger partial charge in [-0.3, -0.25) is 0 Å². The largest absolute Gasteiger partial charge is 0.444 e. The third kappa shape index (κ3) is 4.80. The fourth-order valence-electron chi connectivity index (χ4n) is 2.25. The van der Waals surface area contributed by atoms with E-state index < -0.39 is 5.60 Å². The maximum atomic E-state index is 11.9. The number of rotatable bonds is 3. The van der Waals surface area contributed by atoms with Gasteiger partial charge in [0.2, 0.25) is 0 Å². The molecule has 0 radical (unpaired) electrons. The van der Waals surface area contributed by atoms with Gasteiger partial charge >= 0.3 is 6.09 Å². The molecule has 20 heavy (non-hydrogen) atoms. The topological polar surface area (TPSA) is 41.6 Å². The number of hydrogen-bond donors (Lipinski definition) is 1. The number of nitrogens with zero attached hydrogens (tertiary/aromatic N) is 1. The lowest BCUT2D eigenvalue weighted by molar-refractivity contribution is 0.0198. The number of hydrogen-bond acceptors (Lipinski definition) is 4. The van der Waals surface area contributed by atoms with Gasteiger partial charge in [-0.2, -0.15) is 0 Å². The van der Waals surface area contributed by atoms with Gasteiger partial charge in [0.1, 0.15) is 5.60 Å². The van der Waals surface area contributed by atoms with Crippen LogP contribution in [0.2, 0.25) is 0 Å². The minimum Gasteiger partial charge on any atom is -0.444 e. The fraction of sp³-hybridized carbons (Fsp3) is 0.667. The minimum absolute atomic E-state index is 0.186. The normalized spacial score (nSPS) is 17.2. The molecule has 1 aliphatic heterocycles. The third-order valence-corrected chi connectivity index (χ3v) is 4.17. The third-order valence-electron chi connectivity index (χ3n) is 3.29. The average Bonchev–Trinajstić information content (AvgIpc) is 2.88. The summed E-state index contributed by atoms with van der Waals surface area (Å²) in [6, 6.07) is 4.72. The Hall–Kier alpha value is -1.07. The molecule has 0 unspecified atom stereocenters. The highest BCUT2D eigenvalue weighted by atomic mass is 32.1. The molecule has 1 fully saturated rings. The molecular formula is C15H24N2O2S. The minimum atomic E-state index is -0.411. The Bertz CT molecular complexity index is 418. The van der Waals surface area contributed by atoms with Crippen LogP contribution in [0.3, 0.4) is 0 Å². The summed E-state index contributed by atoms with van der Waals surface area (Å²) in [6.45, 7) is 8.18. The number of carbonyl (C=O) groups is 1. The van der Waals surface area contributed by atoms with Gasteiger partial charge in [0.15, 0.2) is 0 Å². The van der Waals surface area contributed by atoms with Crippen LogP contribution in [0.1, 0.15) is 38.5 Å². The SMILES string of the molecule is CC(C)(C)OC(=O)N1CCC(NCc2cccs2)CC1. The Morgan fingerprint density at radius 2 is 2.15 bits per heavy atom. The van der Waals surface area contributed by atoms with E-state index in [-0.39, 0.29) is 6.09 Å². The first-order valence-corrected chi connectivity index (χ1v) is 8.06. The first kappa shape index (κ1) is 15.3. The van der Waals surface area contributed by atoms with Gasteiger partial charge in [-0.15, -0.1) is 11.3 Å². The molecule has 1 aromatic heterocycles. The quantitative estimate of drug-likeness (QED) is 0.931. The van der Waals surface area contributed by atoms with Crippen LogP contribution in [0.5, 0.6) is 0 Å². The molecule has 0 aliphatic carbocycles. The molecule has 0 atom stereocenters. The van der Waals surface area contributed by atoms with Crippen LogP contribution in [0, 0.1) is 0 Å². The lowest BCUT2D eigenvalue weighted by atomic mass is 10.1. The summed E-state index contributed by atoms with van der Waals surface area (Å²) >= 11 is 1.78. The first-order chi connectivity index (χ1) is 9.44. The van der Waals surface area contributed by atoms with E-state index in [4.69, 9.17) is 4.74 Å². The van der Waals surface area contributed by atoms with Crippen LogP contribution in [0.25, 0.3) is 0 Å². The van der Waals surface area contributed by atoms with Crippen molar-refractivity contribution in [3.8, 4) is 0 Å². The molecule has 0 bridgehead atoms. The van der Waals surface area contributed by atoms with E-state index in [1.807, 2.05) is 25.7 Å². The Labute approximate surface area is 125 Å². The molecular weight excluding hydrogens is 272 g/mol. The molecule has 1 saturated heterocycles. The predicted octanol–water partition coefficient (Wildman–Crippen LogP) is 3.24. The van der Waals surface area contributed by atoms with Gasteiger partial charge in [-0.1, -0.05) is 6.07 Å². The Kier molecular flexibility index (Phi) is 5.05. The van der Waals surface area contributed by atoms with E-state index in [1.54, 1.807) is 11.3 Å². The number of nitrogens with one attached hydrogen (secondary N) is 1. The van der Waals surface area contributed by atoms with E-state index >= 15 is 0 Å². The van der Waals surface area contributed by atoms with E-state index in [1.165, 1.54) is 4.88 Å². The van der Waals surface area contributed by atoms with Gasteiger partial charge in [0, 0.05) is 30.6 Å². The fourth-order valence-corrected chi connectivity index (χ4v) is 2.91. The highest BCUT2D eigenvalue weighted by Gasteiger charge is 2.26. The molecule has 0 aromatic carbocycles. The monoisotopic (exact) mass is 296 g/mol. The highest BCUT2D eigenvalue weighted by molar-refractivity contribution is 7.09. The smallest absolute Gasteiger partial charge is 0.410 e. The highest BCUT2D eigenvalue weighted by Crippen LogP contribution is 2.16. The zero-order valence-electron chi connectivity index (χ0n) is 12.5. The molecule has 1 aromatic rings. The predicted molar refractivity (Wildman–Crippen MR) is 82.0 cm³/mol. The number of likely N-dealkylation sites (tertiary alicyclic amines) is 1. The van der Waals surface area contributed by atoms with Crippen molar-refractivity contribution in [1.82, 2.24) is 10.2 Å². The molecule has 4 nitrogen and oxygen atoms in total. The molecule has 5 heteroatoms. The lowest BCUT2D eigenvalue weighted by Gasteiger charge is -2.33. The van der Waals surface area contributed by atoms with Crippen molar-refractivity contribution >= 4 is 17.4 Å². The second-order valence-electron chi connectivity index (χ2n) is 6.20. The van der Waals surface area contributed by atoms with E-state index in [0.717, 1.165) is 32.5 Å². The van der Waals surface area contributed by atoms with Crippen molar-refractivity contribution in [2.75, 3.05) is 13.1 Å². The number of piperidine rings is 1.